The molecule has 0 aliphatic carbocycles. The average molecular weight is 561 g/mol. The number of rotatable bonds is 8. The van der Waals surface area contributed by atoms with Crippen LogP contribution in [-0.4, -0.2) is 57.9 Å². The van der Waals surface area contributed by atoms with Crippen LogP contribution in [-0.2, 0) is 31.6 Å². The quantitative estimate of drug-likeness (QED) is 0.131. The van der Waals surface area contributed by atoms with E-state index in [0.717, 1.165) is 16.8 Å². The summed E-state index contributed by atoms with van der Waals surface area (Å²) in [7, 11) is -16.9. The van der Waals surface area contributed by atoms with E-state index in [1.165, 1.54) is 0 Å². The van der Waals surface area contributed by atoms with Crippen molar-refractivity contribution in [3.63, 3.8) is 0 Å². The summed E-state index contributed by atoms with van der Waals surface area (Å²) in [5.74, 6) is 2.20. The van der Waals surface area contributed by atoms with Crippen LogP contribution < -0.4 is 11.2 Å². The third-order valence-corrected chi connectivity index (χ3v) is 8.01. The number of phosphoric ester groups is 1. The predicted molar refractivity (Wildman–Crippen MR) is 103 cm³/mol. The highest BCUT2D eigenvalue weighted by Crippen LogP contribution is 2.66. The number of phosphoric acid groups is 3. The van der Waals surface area contributed by atoms with Crippen molar-refractivity contribution in [3.05, 3.63) is 33.1 Å². The summed E-state index contributed by atoms with van der Waals surface area (Å²) in [5, 5.41) is 12.4. The Balaban J connectivity index is 2.24. The maximum atomic E-state index is 12.1. The van der Waals surface area contributed by atoms with Crippen LogP contribution in [0, 0.1) is 11.3 Å². The zero-order valence-corrected chi connectivity index (χ0v) is 19.2. The van der Waals surface area contributed by atoms with Gasteiger partial charge in [0, 0.05) is 17.6 Å². The monoisotopic (exact) mass is 560 g/mol. The maximum Gasteiger partial charge on any atom is 0.490 e. The third kappa shape index (κ3) is 6.83. The van der Waals surface area contributed by atoms with Gasteiger partial charge < -0.3 is 29.4 Å². The molecule has 0 radical (unpaired) electrons. The molecule has 21 heteroatoms. The molecule has 6 atom stereocenters. The lowest BCUT2D eigenvalue weighted by Crippen LogP contribution is -2.44. The molecule has 1 aliphatic heterocycles. The van der Waals surface area contributed by atoms with E-state index in [4.69, 9.17) is 42.6 Å². The van der Waals surface area contributed by atoms with E-state index in [-0.39, 0.29) is 0 Å². The van der Waals surface area contributed by atoms with Crippen molar-refractivity contribution < 1.29 is 56.3 Å². The number of nitrogens with zero attached hydrogens (tertiary/aromatic N) is 1. The topological polar surface area (TPSA) is 244 Å². The van der Waals surface area contributed by atoms with Crippen LogP contribution in [0.3, 0.4) is 0 Å². The minimum atomic E-state index is -5.77. The highest BCUT2D eigenvalue weighted by Gasteiger charge is 2.56. The van der Waals surface area contributed by atoms with Crippen molar-refractivity contribution in [2.24, 2.45) is 0 Å². The van der Waals surface area contributed by atoms with Gasteiger partial charge in [0.15, 0.2) is 11.1 Å². The second-order valence-electron chi connectivity index (χ2n) is 5.86. The van der Waals surface area contributed by atoms with Gasteiger partial charge in [-0.3, -0.25) is 18.9 Å². The number of aromatic amines is 1. The Bertz CT molecular complexity index is 1180. The molecule has 3 unspecified atom stereocenters. The van der Waals surface area contributed by atoms with Crippen molar-refractivity contribution in [3.8, 4) is 11.3 Å². The fourth-order valence-electron chi connectivity index (χ4n) is 2.45. The molecule has 180 valence electrons. The van der Waals surface area contributed by atoms with Gasteiger partial charge in [0.05, 0.1) is 6.61 Å². The Labute approximate surface area is 187 Å². The molecule has 0 amide bonds. The van der Waals surface area contributed by atoms with Gasteiger partial charge in [0.25, 0.3) is 5.56 Å². The number of hydrogen-bond donors (Lipinski definition) is 6. The molecule has 0 aromatic carbocycles. The number of aromatic nitrogens is 2. The predicted octanol–water partition coefficient (Wildman–Crippen LogP) is -0.685. The summed E-state index contributed by atoms with van der Waals surface area (Å²) < 4.78 is 51.4. The van der Waals surface area contributed by atoms with Crippen molar-refractivity contribution >= 4 is 46.7 Å². The number of aliphatic hydroxyl groups is 1. The summed E-state index contributed by atoms with van der Waals surface area (Å²) in [6.07, 6.45) is -4.18. The Hall–Kier alpha value is -0.850. The first-order valence-electron chi connectivity index (χ1n) is 7.75. The molecular weight excluding hydrogens is 548 g/mol. The molecular formula is C11H13Cl2N2O14P3. The van der Waals surface area contributed by atoms with Crippen LogP contribution in [0.25, 0.3) is 0 Å². The number of hydrogen-bond acceptors (Lipinski definition) is 10. The Morgan fingerprint density at radius 1 is 1.19 bits per heavy atom. The second kappa shape index (κ2) is 9.79. The molecule has 16 nitrogen and oxygen atoms in total. The minimum absolute atomic E-state index is 0.726. The number of H-pyrrole nitrogens is 1. The lowest BCUT2D eigenvalue weighted by atomic mass is 9.99. The highest BCUT2D eigenvalue weighted by molar-refractivity contribution is 7.66. The average Bonchev–Trinajstić information content (AvgIpc) is 2.82. The van der Waals surface area contributed by atoms with Crippen molar-refractivity contribution in [2.75, 3.05) is 6.61 Å². The molecule has 2 rings (SSSR count). The Kier molecular flexibility index (Phi) is 8.38. The van der Waals surface area contributed by atoms with Gasteiger partial charge in [-0.2, -0.15) is 8.62 Å². The number of aliphatic hydroxyl groups excluding tert-OH is 1. The molecule has 1 fully saturated rings. The van der Waals surface area contributed by atoms with Gasteiger partial charge in [0.1, 0.15) is 12.2 Å². The summed E-state index contributed by atoms with van der Waals surface area (Å²) >= 11 is 11.6. The van der Waals surface area contributed by atoms with Gasteiger partial charge in [-0.1, -0.05) is 17.5 Å². The smallest absolute Gasteiger partial charge is 0.387 e. The van der Waals surface area contributed by atoms with Gasteiger partial charge in [-0.05, 0) is 11.6 Å². The zero-order valence-electron chi connectivity index (χ0n) is 15.0. The van der Waals surface area contributed by atoms with Gasteiger partial charge >= 0.3 is 29.2 Å². The van der Waals surface area contributed by atoms with E-state index in [1.807, 2.05) is 10.4 Å². The van der Waals surface area contributed by atoms with Crippen LogP contribution in [0.15, 0.2) is 21.9 Å². The number of halogens is 2. The van der Waals surface area contributed by atoms with E-state index in [1.54, 1.807) is 0 Å². The summed E-state index contributed by atoms with van der Waals surface area (Å²) in [5.41, 5.74) is -1.79. The normalized spacial score (nSPS) is 29.5. The van der Waals surface area contributed by atoms with Gasteiger partial charge in [-0.25, -0.2) is 18.5 Å². The maximum absolute atomic E-state index is 12.1. The summed E-state index contributed by atoms with van der Waals surface area (Å²) in [6.45, 7) is -1.09. The van der Waals surface area contributed by atoms with Crippen LogP contribution in [0.1, 0.15) is 6.23 Å². The molecule has 1 aromatic heterocycles. The van der Waals surface area contributed by atoms with Crippen LogP contribution in [0.2, 0.25) is 0 Å². The van der Waals surface area contributed by atoms with E-state index in [0.29, 0.717) is 0 Å². The van der Waals surface area contributed by atoms with E-state index < -0.39 is 64.6 Å². The fourth-order valence-corrected chi connectivity index (χ4v) is 6.02. The largest absolute Gasteiger partial charge is 0.490 e. The highest BCUT2D eigenvalue weighted by atomic mass is 35.5. The molecule has 0 spiro atoms. The van der Waals surface area contributed by atoms with E-state index in [2.05, 4.69) is 19.1 Å². The fraction of sp³-hybridized carbons (Fsp3) is 0.455. The van der Waals surface area contributed by atoms with Gasteiger partial charge in [-0.15, -0.1) is 0 Å². The van der Waals surface area contributed by atoms with Gasteiger partial charge in [0.2, 0.25) is 0 Å². The number of nitrogens with one attached hydrogen (secondary N) is 1. The van der Waals surface area contributed by atoms with Crippen LogP contribution >= 0.6 is 46.7 Å². The first kappa shape index (κ1) is 27.4. The molecule has 32 heavy (non-hydrogen) atoms. The first-order chi connectivity index (χ1) is 14.5. The minimum Gasteiger partial charge on any atom is -0.387 e. The number of alkyl halides is 1. The summed E-state index contributed by atoms with van der Waals surface area (Å²) in [4.78, 5) is 58.7. The van der Waals surface area contributed by atoms with Crippen LogP contribution in [0.4, 0.5) is 0 Å². The Morgan fingerprint density at radius 2 is 1.81 bits per heavy atom. The van der Waals surface area contributed by atoms with Crippen molar-refractivity contribution in [1.82, 2.24) is 9.55 Å². The lowest BCUT2D eigenvalue weighted by Gasteiger charge is -2.25. The van der Waals surface area contributed by atoms with Crippen molar-refractivity contribution in [1.29, 1.82) is 0 Å². The standard InChI is InChI=1S/C11H13Cl2N2O14P3/c12-3-2-11(13)8(17)6(27-9(11)15-4-1-7(16)14-10(15)18)5-26-31(22,23)29-32(24,25)28-30(19,20)21/h1,4,6,8-9,17H,5H2,(H,22,23)(H,24,25)(H,14,16,18)(H2,19,20,21)/t6-,8+,9-,11?/m1/s1. The molecule has 1 aromatic rings. The Morgan fingerprint density at radius 3 is 2.34 bits per heavy atom. The molecule has 0 saturated carbocycles. The second-order valence-corrected chi connectivity index (χ2v) is 11.1. The number of ether oxygens (including phenoxy) is 1. The molecule has 6 N–H and O–H groups in total. The molecule has 0 bridgehead atoms. The van der Waals surface area contributed by atoms with Crippen molar-refractivity contribution in [2.45, 2.75) is 23.3 Å². The third-order valence-electron chi connectivity index (χ3n) is 3.61. The van der Waals surface area contributed by atoms with E-state index >= 15 is 0 Å². The molecule has 1 saturated heterocycles. The summed E-state index contributed by atoms with van der Waals surface area (Å²) in [6, 6.07) is 0.919. The SMILES string of the molecule is O=c1ccn([C@@H]2O[C@H](COP(=O)(O)OP(=O)(O)OP(=O)(O)O)[C@H](O)C2(Cl)C#CCl)c(=O)[nH]1. The molecule has 1 aliphatic rings. The lowest BCUT2D eigenvalue weighted by molar-refractivity contribution is -0.0455. The zero-order chi connectivity index (χ0) is 24.5. The first-order valence-corrected chi connectivity index (χ1v) is 13.0. The van der Waals surface area contributed by atoms with Crippen LogP contribution in [0.5, 0.6) is 0 Å². The van der Waals surface area contributed by atoms with E-state index in [9.17, 15) is 33.3 Å². The molecule has 2 heterocycles.